The van der Waals surface area contributed by atoms with Crippen LogP contribution in [-0.2, 0) is 22.5 Å². The van der Waals surface area contributed by atoms with Crippen LogP contribution in [0.2, 0.25) is 0 Å². The molecule has 0 bridgehead atoms. The molecular weight excluding hydrogens is 429 g/mol. The van der Waals surface area contributed by atoms with Crippen molar-refractivity contribution in [1.29, 1.82) is 0 Å². The van der Waals surface area contributed by atoms with Crippen molar-refractivity contribution >= 4 is 36.6 Å². The summed E-state index contributed by atoms with van der Waals surface area (Å²) < 4.78 is 35.2. The number of nitrogens with one attached hydrogen (secondary N) is 2. The monoisotopic (exact) mass is 456 g/mol. The van der Waals surface area contributed by atoms with E-state index in [9.17, 15) is 14.0 Å². The van der Waals surface area contributed by atoms with Crippen LogP contribution in [-0.4, -0.2) is 69.0 Å². The Kier molecular flexibility index (Phi) is 6.67. The number of nitrogens with zero attached hydrogens (tertiary/aromatic N) is 2. The molecule has 3 amide bonds. The summed E-state index contributed by atoms with van der Waals surface area (Å²) >= 11 is 0. The molecule has 1 fully saturated rings. The number of rotatable bonds is 4. The molecule has 2 N–H and O–H groups in total. The van der Waals surface area contributed by atoms with Gasteiger partial charge in [0.05, 0.1) is 11.8 Å². The standard InChI is InChI=1S/C23H27BF2N4O3/c1-29-8-7-16-17(12-29)21(26)19(10-18(16)25)28-22(31)20-9-15(33-2)11-30(20)23(32)27-14-5-3-13(24)4-6-14/h3-6,10,15,20H,7-9,11-12,24H2,1-2H3,(H,27,32)(H,28,31)/t15-,20-/m1/s1. The molecule has 2 aliphatic heterocycles. The predicted molar refractivity (Wildman–Crippen MR) is 125 cm³/mol. The second-order valence-corrected chi connectivity index (χ2v) is 8.71. The molecule has 0 aromatic heterocycles. The normalized spacial score (nSPS) is 20.4. The van der Waals surface area contributed by atoms with Gasteiger partial charge in [-0.05, 0) is 31.2 Å². The van der Waals surface area contributed by atoms with Crippen LogP contribution in [0.25, 0.3) is 0 Å². The molecule has 0 unspecified atom stereocenters. The number of amides is 3. The van der Waals surface area contributed by atoms with Gasteiger partial charge in [0, 0.05) is 50.5 Å². The number of halogens is 2. The van der Waals surface area contributed by atoms with Crippen LogP contribution in [0.3, 0.4) is 0 Å². The molecular formula is C23H27BF2N4O3. The number of hydrogen-bond acceptors (Lipinski definition) is 4. The lowest BCUT2D eigenvalue weighted by atomic mass is 9.96. The summed E-state index contributed by atoms with van der Waals surface area (Å²) in [4.78, 5) is 29.3. The first kappa shape index (κ1) is 23.2. The summed E-state index contributed by atoms with van der Waals surface area (Å²) in [6, 6.07) is 6.96. The van der Waals surface area contributed by atoms with Gasteiger partial charge in [0.1, 0.15) is 19.7 Å². The number of carbonyl (C=O) groups excluding carboxylic acids is 2. The average Bonchev–Trinajstić information content (AvgIpc) is 3.24. The molecule has 0 saturated carbocycles. The summed E-state index contributed by atoms with van der Waals surface area (Å²) in [5.74, 6) is -1.76. The minimum Gasteiger partial charge on any atom is -0.380 e. The van der Waals surface area contributed by atoms with Crippen molar-refractivity contribution in [3.05, 3.63) is 53.1 Å². The highest BCUT2D eigenvalue weighted by Gasteiger charge is 2.40. The SMILES string of the molecule is Bc1ccc(NC(=O)N2C[C@H](OC)C[C@@H]2C(=O)Nc2cc(F)c3c(c2F)CN(C)CC3)cc1. The zero-order valence-corrected chi connectivity index (χ0v) is 19.0. The van der Waals surface area contributed by atoms with Crippen molar-refractivity contribution in [2.24, 2.45) is 0 Å². The Balaban J connectivity index is 1.53. The van der Waals surface area contributed by atoms with E-state index in [1.165, 1.54) is 12.0 Å². The maximum absolute atomic E-state index is 15.1. The van der Waals surface area contributed by atoms with Crippen molar-refractivity contribution in [3.63, 3.8) is 0 Å². The van der Waals surface area contributed by atoms with Crippen molar-refractivity contribution in [2.45, 2.75) is 31.5 Å². The molecule has 2 aromatic carbocycles. The van der Waals surface area contributed by atoms with Gasteiger partial charge in [-0.1, -0.05) is 17.6 Å². The Morgan fingerprint density at radius 2 is 1.88 bits per heavy atom. The molecule has 4 rings (SSSR count). The molecule has 0 radical (unpaired) electrons. The van der Waals surface area contributed by atoms with Crippen LogP contribution in [0, 0.1) is 11.6 Å². The molecule has 2 aliphatic rings. The van der Waals surface area contributed by atoms with Crippen LogP contribution in [0.1, 0.15) is 17.5 Å². The Bertz CT molecular complexity index is 1070. The molecule has 1 saturated heterocycles. The summed E-state index contributed by atoms with van der Waals surface area (Å²) in [7, 11) is 5.28. The average molecular weight is 456 g/mol. The van der Waals surface area contributed by atoms with E-state index in [2.05, 4.69) is 10.6 Å². The summed E-state index contributed by atoms with van der Waals surface area (Å²) in [5.41, 5.74) is 2.04. The number of fused-ring (bicyclic) bond motifs is 1. The van der Waals surface area contributed by atoms with Crippen LogP contribution in [0.15, 0.2) is 30.3 Å². The number of ether oxygens (including phenoxy) is 1. The van der Waals surface area contributed by atoms with Gasteiger partial charge in [-0.15, -0.1) is 0 Å². The molecule has 2 heterocycles. The lowest BCUT2D eigenvalue weighted by Gasteiger charge is -2.27. The number of likely N-dealkylation sites (N-methyl/N-ethyl adjacent to an activating group) is 1. The highest BCUT2D eigenvalue weighted by Crippen LogP contribution is 2.30. The predicted octanol–water partition coefficient (Wildman–Crippen LogP) is 1.47. The van der Waals surface area contributed by atoms with Crippen molar-refractivity contribution in [2.75, 3.05) is 37.9 Å². The van der Waals surface area contributed by atoms with E-state index in [1.54, 1.807) is 12.1 Å². The van der Waals surface area contributed by atoms with Gasteiger partial charge in [0.2, 0.25) is 5.91 Å². The third-order valence-corrected chi connectivity index (χ3v) is 6.32. The van der Waals surface area contributed by atoms with Crippen LogP contribution >= 0.6 is 0 Å². The van der Waals surface area contributed by atoms with E-state index < -0.39 is 29.6 Å². The maximum Gasteiger partial charge on any atom is 0.322 e. The molecule has 0 spiro atoms. The van der Waals surface area contributed by atoms with Gasteiger partial charge in [-0.3, -0.25) is 4.79 Å². The van der Waals surface area contributed by atoms with Crippen molar-refractivity contribution < 1.29 is 23.1 Å². The van der Waals surface area contributed by atoms with Gasteiger partial charge in [0.25, 0.3) is 0 Å². The summed E-state index contributed by atoms with van der Waals surface area (Å²) in [6.45, 7) is 1.11. The minimum absolute atomic E-state index is 0.206. The largest absolute Gasteiger partial charge is 0.380 e. The van der Waals surface area contributed by atoms with E-state index >= 15 is 4.39 Å². The summed E-state index contributed by atoms with van der Waals surface area (Å²) in [6.07, 6.45) is 0.318. The van der Waals surface area contributed by atoms with Crippen LogP contribution < -0.4 is 16.1 Å². The number of methoxy groups -OCH3 is 1. The number of carbonyl (C=O) groups is 2. The molecule has 7 nitrogen and oxygen atoms in total. The van der Waals surface area contributed by atoms with E-state index in [0.29, 0.717) is 24.2 Å². The number of benzene rings is 2. The number of urea groups is 1. The summed E-state index contributed by atoms with van der Waals surface area (Å²) in [5, 5.41) is 5.29. The van der Waals surface area contributed by atoms with Crippen LogP contribution in [0.4, 0.5) is 25.0 Å². The van der Waals surface area contributed by atoms with Crippen LogP contribution in [0.5, 0.6) is 0 Å². The zero-order valence-electron chi connectivity index (χ0n) is 19.0. The quantitative estimate of drug-likeness (QED) is 0.684. The van der Waals surface area contributed by atoms with E-state index in [0.717, 1.165) is 11.5 Å². The number of likely N-dealkylation sites (tertiary alicyclic amines) is 1. The fraction of sp³-hybridized carbons (Fsp3) is 0.391. The van der Waals surface area contributed by atoms with E-state index in [1.807, 2.05) is 31.9 Å². The Hall–Kier alpha value is -2.98. The fourth-order valence-electron chi connectivity index (χ4n) is 4.38. The molecule has 0 aliphatic carbocycles. The molecule has 2 aromatic rings. The topological polar surface area (TPSA) is 73.9 Å². The number of hydrogen-bond donors (Lipinski definition) is 2. The zero-order chi connectivity index (χ0) is 23.7. The molecule has 174 valence electrons. The molecule has 2 atom stereocenters. The van der Waals surface area contributed by atoms with E-state index in [-0.39, 0.29) is 36.9 Å². The minimum atomic E-state index is -0.887. The first-order valence-electron chi connectivity index (χ1n) is 10.9. The number of anilines is 2. The first-order valence-corrected chi connectivity index (χ1v) is 10.9. The third kappa shape index (κ3) is 4.86. The van der Waals surface area contributed by atoms with Gasteiger partial charge in [-0.2, -0.15) is 0 Å². The van der Waals surface area contributed by atoms with Gasteiger partial charge in [-0.25, -0.2) is 13.6 Å². The highest BCUT2D eigenvalue weighted by atomic mass is 19.1. The molecule has 33 heavy (non-hydrogen) atoms. The third-order valence-electron chi connectivity index (χ3n) is 6.32. The lowest BCUT2D eigenvalue weighted by molar-refractivity contribution is -0.119. The maximum atomic E-state index is 15.1. The van der Waals surface area contributed by atoms with Crippen molar-refractivity contribution in [1.82, 2.24) is 9.80 Å². The Labute approximate surface area is 192 Å². The second-order valence-electron chi connectivity index (χ2n) is 8.71. The van der Waals surface area contributed by atoms with Crippen molar-refractivity contribution in [3.8, 4) is 0 Å². The van der Waals surface area contributed by atoms with Gasteiger partial charge >= 0.3 is 6.03 Å². The smallest absolute Gasteiger partial charge is 0.322 e. The van der Waals surface area contributed by atoms with Gasteiger partial charge in [0.15, 0.2) is 5.82 Å². The van der Waals surface area contributed by atoms with E-state index in [4.69, 9.17) is 4.74 Å². The first-order chi connectivity index (χ1) is 15.8. The Morgan fingerprint density at radius 3 is 2.58 bits per heavy atom. The molecule has 10 heteroatoms. The lowest BCUT2D eigenvalue weighted by Crippen LogP contribution is -2.45. The second kappa shape index (κ2) is 9.48. The Morgan fingerprint density at radius 1 is 1.15 bits per heavy atom. The fourth-order valence-corrected chi connectivity index (χ4v) is 4.38. The highest BCUT2D eigenvalue weighted by molar-refractivity contribution is 6.32. The van der Waals surface area contributed by atoms with Gasteiger partial charge < -0.3 is 25.2 Å².